The van der Waals surface area contributed by atoms with Crippen molar-refractivity contribution in [2.45, 2.75) is 0 Å². The summed E-state index contributed by atoms with van der Waals surface area (Å²) in [4.78, 5) is 11.5. The predicted octanol–water partition coefficient (Wildman–Crippen LogP) is 2.76. The van der Waals surface area contributed by atoms with E-state index >= 15 is 0 Å². The first-order valence-corrected chi connectivity index (χ1v) is 7.76. The van der Waals surface area contributed by atoms with Gasteiger partial charge in [-0.15, -0.1) is 10.2 Å². The molecule has 0 aliphatic carbocycles. The average molecular weight is 362 g/mol. The van der Waals surface area contributed by atoms with E-state index in [-0.39, 0.29) is 11.4 Å². The molecule has 3 aromatic rings. The molecule has 0 saturated heterocycles. The average Bonchev–Trinajstić information content (AvgIpc) is 3.23. The van der Waals surface area contributed by atoms with Crippen LogP contribution in [0.25, 0.3) is 5.57 Å². The number of nitrogens with one attached hydrogen (secondary N) is 2. The SMILES string of the molecule is COC(=O)c1ccc(Oc2cccc(NC=C(C#N)c3nn[nH]n3)c2)cc1. The minimum atomic E-state index is -0.408. The van der Waals surface area contributed by atoms with E-state index in [0.717, 1.165) is 0 Å². The van der Waals surface area contributed by atoms with Gasteiger partial charge in [0.15, 0.2) is 0 Å². The second-order valence-electron chi connectivity index (χ2n) is 5.20. The first-order valence-electron chi connectivity index (χ1n) is 7.76. The molecule has 0 atom stereocenters. The highest BCUT2D eigenvalue weighted by atomic mass is 16.5. The molecule has 9 nitrogen and oxygen atoms in total. The quantitative estimate of drug-likeness (QED) is 0.506. The minimum Gasteiger partial charge on any atom is -0.465 e. The molecule has 0 bridgehead atoms. The number of allylic oxidation sites excluding steroid dienone is 1. The maximum Gasteiger partial charge on any atom is 0.337 e. The number of nitriles is 1. The number of tetrazole rings is 1. The molecule has 134 valence electrons. The summed E-state index contributed by atoms with van der Waals surface area (Å²) >= 11 is 0. The van der Waals surface area contributed by atoms with Crippen molar-refractivity contribution in [3.8, 4) is 17.6 Å². The van der Waals surface area contributed by atoms with E-state index < -0.39 is 5.97 Å². The number of ether oxygens (including phenoxy) is 2. The van der Waals surface area contributed by atoms with E-state index in [2.05, 4.69) is 30.7 Å². The summed E-state index contributed by atoms with van der Waals surface area (Å²) in [6.45, 7) is 0. The van der Waals surface area contributed by atoms with Gasteiger partial charge in [-0.25, -0.2) is 4.79 Å². The van der Waals surface area contributed by atoms with Gasteiger partial charge in [0.25, 0.3) is 0 Å². The summed E-state index contributed by atoms with van der Waals surface area (Å²) in [5.74, 6) is 0.940. The van der Waals surface area contributed by atoms with Gasteiger partial charge in [0.2, 0.25) is 5.82 Å². The van der Waals surface area contributed by atoms with Crippen molar-refractivity contribution in [1.29, 1.82) is 5.26 Å². The number of rotatable bonds is 6. The summed E-state index contributed by atoms with van der Waals surface area (Å²) in [6, 6.07) is 15.7. The van der Waals surface area contributed by atoms with Gasteiger partial charge in [-0.05, 0) is 41.6 Å². The normalized spacial score (nSPS) is 10.7. The van der Waals surface area contributed by atoms with E-state index in [4.69, 9.17) is 10.00 Å². The Morgan fingerprint density at radius 2 is 2.04 bits per heavy atom. The van der Waals surface area contributed by atoms with Crippen LogP contribution in [0.2, 0.25) is 0 Å². The summed E-state index contributed by atoms with van der Waals surface area (Å²) in [5, 5.41) is 25.4. The van der Waals surface area contributed by atoms with Crippen molar-refractivity contribution in [3.63, 3.8) is 0 Å². The van der Waals surface area contributed by atoms with Crippen LogP contribution < -0.4 is 10.1 Å². The largest absolute Gasteiger partial charge is 0.465 e. The Morgan fingerprint density at radius 1 is 1.22 bits per heavy atom. The fraction of sp³-hybridized carbons (Fsp3) is 0.0556. The maximum atomic E-state index is 11.5. The minimum absolute atomic E-state index is 0.197. The highest BCUT2D eigenvalue weighted by Gasteiger charge is 2.07. The topological polar surface area (TPSA) is 126 Å². The molecule has 1 aromatic heterocycles. The molecular weight excluding hydrogens is 348 g/mol. The van der Waals surface area contributed by atoms with Crippen LogP contribution in [0.15, 0.2) is 54.7 Å². The van der Waals surface area contributed by atoms with Gasteiger partial charge in [-0.2, -0.15) is 10.5 Å². The van der Waals surface area contributed by atoms with Crippen molar-refractivity contribution < 1.29 is 14.3 Å². The molecule has 0 saturated carbocycles. The lowest BCUT2D eigenvalue weighted by atomic mass is 10.2. The molecule has 9 heteroatoms. The fourth-order valence-electron chi connectivity index (χ4n) is 2.14. The van der Waals surface area contributed by atoms with Gasteiger partial charge < -0.3 is 14.8 Å². The number of esters is 1. The van der Waals surface area contributed by atoms with Crippen molar-refractivity contribution in [2.75, 3.05) is 12.4 Å². The molecule has 0 aliphatic rings. The number of aromatic nitrogens is 4. The molecule has 0 fully saturated rings. The Hall–Kier alpha value is -4.19. The Bertz CT molecular complexity index is 991. The molecule has 0 radical (unpaired) electrons. The van der Waals surface area contributed by atoms with Gasteiger partial charge in [-0.1, -0.05) is 6.07 Å². The first-order chi connectivity index (χ1) is 13.2. The Kier molecular flexibility index (Phi) is 5.39. The number of anilines is 1. The van der Waals surface area contributed by atoms with Gasteiger partial charge in [-0.3, -0.25) is 0 Å². The fourth-order valence-corrected chi connectivity index (χ4v) is 2.14. The van der Waals surface area contributed by atoms with Crippen LogP contribution in [0.4, 0.5) is 5.69 Å². The summed E-state index contributed by atoms with van der Waals surface area (Å²) in [5.41, 5.74) is 1.37. The summed E-state index contributed by atoms with van der Waals surface area (Å²) in [7, 11) is 1.33. The Labute approximate surface area is 154 Å². The third-order valence-corrected chi connectivity index (χ3v) is 3.44. The highest BCUT2D eigenvalue weighted by molar-refractivity contribution is 5.89. The molecule has 27 heavy (non-hydrogen) atoms. The van der Waals surface area contributed by atoms with E-state index in [1.165, 1.54) is 13.3 Å². The molecule has 0 amide bonds. The van der Waals surface area contributed by atoms with Gasteiger partial charge in [0.1, 0.15) is 23.1 Å². The molecule has 0 unspecified atom stereocenters. The number of H-pyrrole nitrogens is 1. The van der Waals surface area contributed by atoms with Crippen LogP contribution in [-0.4, -0.2) is 33.7 Å². The van der Waals surface area contributed by atoms with Gasteiger partial charge >= 0.3 is 5.97 Å². The molecule has 2 N–H and O–H groups in total. The van der Waals surface area contributed by atoms with E-state index in [1.54, 1.807) is 42.5 Å². The Morgan fingerprint density at radius 3 is 2.70 bits per heavy atom. The number of methoxy groups -OCH3 is 1. The third-order valence-electron chi connectivity index (χ3n) is 3.44. The van der Waals surface area contributed by atoms with Crippen LogP contribution in [0.3, 0.4) is 0 Å². The van der Waals surface area contributed by atoms with Crippen LogP contribution in [-0.2, 0) is 4.74 Å². The van der Waals surface area contributed by atoms with Gasteiger partial charge in [0, 0.05) is 18.0 Å². The van der Waals surface area contributed by atoms with Crippen molar-refractivity contribution >= 4 is 17.2 Å². The number of nitrogens with zero attached hydrogens (tertiary/aromatic N) is 4. The summed E-state index contributed by atoms with van der Waals surface area (Å²) in [6.07, 6.45) is 1.48. The third kappa shape index (κ3) is 4.46. The molecule has 0 spiro atoms. The maximum absolute atomic E-state index is 11.5. The lowest BCUT2D eigenvalue weighted by Gasteiger charge is -2.08. The van der Waals surface area contributed by atoms with Crippen LogP contribution in [0.1, 0.15) is 16.2 Å². The highest BCUT2D eigenvalue weighted by Crippen LogP contribution is 2.25. The predicted molar refractivity (Wildman–Crippen MR) is 95.7 cm³/mol. The lowest BCUT2D eigenvalue weighted by molar-refractivity contribution is 0.0600. The smallest absolute Gasteiger partial charge is 0.337 e. The van der Waals surface area contributed by atoms with E-state index in [9.17, 15) is 4.79 Å². The molecule has 2 aromatic carbocycles. The zero-order valence-electron chi connectivity index (χ0n) is 14.2. The number of benzene rings is 2. The van der Waals surface area contributed by atoms with E-state index in [0.29, 0.717) is 22.7 Å². The monoisotopic (exact) mass is 362 g/mol. The second kappa shape index (κ2) is 8.26. The first kappa shape index (κ1) is 17.6. The molecular formula is C18H14N6O3. The number of carbonyl (C=O) groups is 1. The molecule has 3 rings (SSSR count). The van der Waals surface area contributed by atoms with Crippen LogP contribution in [0, 0.1) is 11.3 Å². The van der Waals surface area contributed by atoms with E-state index in [1.807, 2.05) is 12.1 Å². The van der Waals surface area contributed by atoms with Crippen molar-refractivity contribution in [3.05, 3.63) is 66.1 Å². The number of hydrogen-bond acceptors (Lipinski definition) is 8. The van der Waals surface area contributed by atoms with Crippen LogP contribution >= 0.6 is 0 Å². The van der Waals surface area contributed by atoms with Crippen molar-refractivity contribution in [2.24, 2.45) is 0 Å². The van der Waals surface area contributed by atoms with Crippen molar-refractivity contribution in [1.82, 2.24) is 20.6 Å². The van der Waals surface area contributed by atoms with Crippen LogP contribution in [0.5, 0.6) is 11.5 Å². The zero-order chi connectivity index (χ0) is 19.1. The zero-order valence-corrected chi connectivity index (χ0v) is 14.2. The standard InChI is InChI=1S/C18H14N6O3/c1-26-18(25)12-5-7-15(8-6-12)27-16-4-2-3-14(9-16)20-11-13(10-19)17-21-23-24-22-17/h2-9,11,20H,1H3,(H,21,22,23,24). The molecule has 0 aliphatic heterocycles. The van der Waals surface area contributed by atoms with Gasteiger partial charge in [0.05, 0.1) is 12.7 Å². The lowest BCUT2D eigenvalue weighted by Crippen LogP contribution is -2.00. The second-order valence-corrected chi connectivity index (χ2v) is 5.20. The number of aromatic amines is 1. The Balaban J connectivity index is 1.70. The summed E-state index contributed by atoms with van der Waals surface area (Å²) < 4.78 is 10.4. The number of carbonyl (C=O) groups excluding carboxylic acids is 1. The number of hydrogen-bond donors (Lipinski definition) is 2. The molecule has 1 heterocycles.